The van der Waals surface area contributed by atoms with Crippen molar-refractivity contribution in [3.05, 3.63) is 119 Å². The largest absolute Gasteiger partial charge is 0.508 e. The third-order valence-corrected chi connectivity index (χ3v) is 7.78. The summed E-state index contributed by atoms with van der Waals surface area (Å²) >= 11 is 1.36. The molecule has 0 fully saturated rings. The van der Waals surface area contributed by atoms with Crippen LogP contribution in [0.5, 0.6) is 11.5 Å². The Balaban J connectivity index is 1.52. The predicted molar refractivity (Wildman–Crippen MR) is 171 cm³/mol. The van der Waals surface area contributed by atoms with Crippen LogP contribution >= 0.6 is 11.8 Å². The smallest absolute Gasteiger partial charge is 0.272 e. The van der Waals surface area contributed by atoms with E-state index in [9.17, 15) is 19.5 Å². The number of phenols is 1. The molecule has 1 atom stereocenters. The SMILES string of the molecule is COc1cc(O)ccc1/C=C(/NC(=O)c1ccccc1)C(=O)Nc1cccc(SC(C)C(=O)Nc2cccc(C)c2C)c1. The maximum Gasteiger partial charge on any atom is 0.272 e. The van der Waals surface area contributed by atoms with Crippen molar-refractivity contribution in [3.63, 3.8) is 0 Å². The van der Waals surface area contributed by atoms with Gasteiger partial charge in [-0.05, 0) is 86.5 Å². The Morgan fingerprint density at radius 3 is 2.37 bits per heavy atom. The van der Waals surface area contributed by atoms with Gasteiger partial charge in [0.2, 0.25) is 5.91 Å². The molecule has 43 heavy (non-hydrogen) atoms. The van der Waals surface area contributed by atoms with E-state index in [0.717, 1.165) is 21.7 Å². The van der Waals surface area contributed by atoms with E-state index in [0.29, 0.717) is 22.6 Å². The summed E-state index contributed by atoms with van der Waals surface area (Å²) in [6.07, 6.45) is 1.48. The summed E-state index contributed by atoms with van der Waals surface area (Å²) in [6, 6.07) is 25.9. The van der Waals surface area contributed by atoms with E-state index in [1.54, 1.807) is 54.6 Å². The summed E-state index contributed by atoms with van der Waals surface area (Å²) in [5.74, 6) is -0.842. The molecule has 0 saturated heterocycles. The minimum Gasteiger partial charge on any atom is -0.508 e. The lowest BCUT2D eigenvalue weighted by Crippen LogP contribution is -2.30. The molecule has 0 saturated carbocycles. The molecule has 0 aliphatic heterocycles. The summed E-state index contributed by atoms with van der Waals surface area (Å²) in [5.41, 5.74) is 4.20. The van der Waals surface area contributed by atoms with Crippen molar-refractivity contribution in [2.75, 3.05) is 17.7 Å². The molecular formula is C34H33N3O5S. The molecule has 4 aromatic carbocycles. The Labute approximate surface area is 255 Å². The molecule has 0 aliphatic carbocycles. The average molecular weight is 596 g/mol. The Morgan fingerprint density at radius 1 is 0.884 bits per heavy atom. The van der Waals surface area contributed by atoms with Crippen LogP contribution in [-0.4, -0.2) is 35.2 Å². The standard InChI is InChI=1S/C34H33N3O5S/c1-21-10-8-15-29(22(21)2)36-32(39)23(3)43-28-14-9-13-26(19-28)35-34(41)30(37-33(40)24-11-6-5-7-12-24)18-25-16-17-27(38)20-31(25)42-4/h5-20,23,38H,1-4H3,(H,35,41)(H,36,39)(H,37,40)/b30-18+. The van der Waals surface area contributed by atoms with E-state index in [1.807, 2.05) is 45.0 Å². The van der Waals surface area contributed by atoms with E-state index in [-0.39, 0.29) is 17.4 Å². The maximum absolute atomic E-state index is 13.5. The first-order valence-electron chi connectivity index (χ1n) is 13.5. The normalized spacial score (nSPS) is 11.8. The number of aromatic hydroxyl groups is 1. The number of carbonyl (C=O) groups is 3. The summed E-state index contributed by atoms with van der Waals surface area (Å²) < 4.78 is 5.35. The van der Waals surface area contributed by atoms with Crippen molar-refractivity contribution in [3.8, 4) is 11.5 Å². The van der Waals surface area contributed by atoms with Crippen molar-refractivity contribution in [1.82, 2.24) is 5.32 Å². The number of methoxy groups -OCH3 is 1. The summed E-state index contributed by atoms with van der Waals surface area (Å²) in [4.78, 5) is 40.2. The maximum atomic E-state index is 13.5. The van der Waals surface area contributed by atoms with Gasteiger partial charge in [0.05, 0.1) is 12.4 Å². The summed E-state index contributed by atoms with van der Waals surface area (Å²) in [5, 5.41) is 18.0. The molecule has 9 heteroatoms. The van der Waals surface area contributed by atoms with Crippen LogP contribution in [0.1, 0.15) is 34.0 Å². The van der Waals surface area contributed by atoms with Crippen LogP contribution in [0, 0.1) is 13.8 Å². The molecule has 8 nitrogen and oxygen atoms in total. The van der Waals surface area contributed by atoms with E-state index in [2.05, 4.69) is 16.0 Å². The van der Waals surface area contributed by atoms with Gasteiger partial charge < -0.3 is 25.8 Å². The second-order valence-electron chi connectivity index (χ2n) is 9.78. The molecule has 0 radical (unpaired) electrons. The van der Waals surface area contributed by atoms with Crippen molar-refractivity contribution in [2.45, 2.75) is 30.9 Å². The molecular weight excluding hydrogens is 562 g/mol. The minimum absolute atomic E-state index is 0.000403. The predicted octanol–water partition coefficient (Wildman–Crippen LogP) is 6.55. The molecule has 0 heterocycles. The van der Waals surface area contributed by atoms with E-state index in [4.69, 9.17) is 4.74 Å². The number of anilines is 2. The van der Waals surface area contributed by atoms with Gasteiger partial charge in [0.15, 0.2) is 0 Å². The number of carbonyl (C=O) groups excluding carboxylic acids is 3. The van der Waals surface area contributed by atoms with Crippen LogP contribution in [0.15, 0.2) is 102 Å². The number of benzene rings is 4. The van der Waals surface area contributed by atoms with Gasteiger partial charge in [0.25, 0.3) is 11.8 Å². The highest BCUT2D eigenvalue weighted by molar-refractivity contribution is 8.00. The molecule has 220 valence electrons. The highest BCUT2D eigenvalue weighted by Crippen LogP contribution is 2.29. The van der Waals surface area contributed by atoms with Crippen molar-refractivity contribution >= 4 is 46.9 Å². The molecule has 4 N–H and O–H groups in total. The fourth-order valence-electron chi connectivity index (χ4n) is 4.14. The van der Waals surface area contributed by atoms with E-state index >= 15 is 0 Å². The molecule has 0 spiro atoms. The monoisotopic (exact) mass is 595 g/mol. The quantitative estimate of drug-likeness (QED) is 0.122. The van der Waals surface area contributed by atoms with Crippen LogP contribution in [0.25, 0.3) is 6.08 Å². The number of thioether (sulfide) groups is 1. The lowest BCUT2D eigenvalue weighted by atomic mass is 10.1. The van der Waals surface area contributed by atoms with Crippen LogP contribution < -0.4 is 20.7 Å². The second kappa shape index (κ2) is 14.2. The fraction of sp³-hybridized carbons (Fsp3) is 0.147. The van der Waals surface area contributed by atoms with E-state index in [1.165, 1.54) is 37.1 Å². The van der Waals surface area contributed by atoms with Crippen molar-refractivity contribution in [2.24, 2.45) is 0 Å². The number of rotatable bonds is 10. The minimum atomic E-state index is -0.567. The first-order valence-corrected chi connectivity index (χ1v) is 14.4. The van der Waals surface area contributed by atoms with Crippen LogP contribution in [-0.2, 0) is 9.59 Å². The van der Waals surface area contributed by atoms with Crippen LogP contribution in [0.2, 0.25) is 0 Å². The molecule has 0 aliphatic rings. The number of phenolic OH excluding ortho intramolecular Hbond substituents is 1. The number of ether oxygens (including phenoxy) is 1. The van der Waals surface area contributed by atoms with Crippen molar-refractivity contribution < 1.29 is 24.2 Å². The van der Waals surface area contributed by atoms with Crippen LogP contribution in [0.4, 0.5) is 11.4 Å². The lowest BCUT2D eigenvalue weighted by Gasteiger charge is -2.15. The number of aryl methyl sites for hydroxylation is 1. The Morgan fingerprint density at radius 2 is 1.63 bits per heavy atom. The molecule has 0 aromatic heterocycles. The van der Waals surface area contributed by atoms with Gasteiger partial charge in [0.1, 0.15) is 17.2 Å². The number of hydrogen-bond acceptors (Lipinski definition) is 6. The Bertz CT molecular complexity index is 1670. The lowest BCUT2D eigenvalue weighted by molar-refractivity contribution is -0.115. The van der Waals surface area contributed by atoms with Gasteiger partial charge in [-0.25, -0.2) is 0 Å². The van der Waals surface area contributed by atoms with E-state index < -0.39 is 17.1 Å². The Kier molecular flexibility index (Phi) is 10.2. The molecule has 1 unspecified atom stereocenters. The number of hydrogen-bond donors (Lipinski definition) is 4. The van der Waals surface area contributed by atoms with Gasteiger partial charge in [-0.3, -0.25) is 14.4 Å². The molecule has 3 amide bonds. The zero-order chi connectivity index (χ0) is 30.9. The first-order chi connectivity index (χ1) is 20.6. The highest BCUT2D eigenvalue weighted by atomic mass is 32.2. The molecule has 0 bridgehead atoms. The highest BCUT2D eigenvalue weighted by Gasteiger charge is 2.18. The Hall–Kier alpha value is -5.02. The summed E-state index contributed by atoms with van der Waals surface area (Å²) in [7, 11) is 1.45. The first kappa shape index (κ1) is 30.9. The summed E-state index contributed by atoms with van der Waals surface area (Å²) in [6.45, 7) is 5.79. The number of amides is 3. The molecule has 4 rings (SSSR count). The topological polar surface area (TPSA) is 117 Å². The third-order valence-electron chi connectivity index (χ3n) is 6.68. The zero-order valence-corrected chi connectivity index (χ0v) is 25.1. The second-order valence-corrected chi connectivity index (χ2v) is 11.2. The average Bonchev–Trinajstić information content (AvgIpc) is 3.00. The van der Waals surface area contributed by atoms with Gasteiger partial charge in [-0.1, -0.05) is 36.4 Å². The van der Waals surface area contributed by atoms with Gasteiger partial charge in [0, 0.05) is 33.5 Å². The third kappa shape index (κ3) is 8.27. The van der Waals surface area contributed by atoms with Gasteiger partial charge in [-0.15, -0.1) is 11.8 Å². The van der Waals surface area contributed by atoms with Crippen LogP contribution in [0.3, 0.4) is 0 Å². The van der Waals surface area contributed by atoms with Gasteiger partial charge >= 0.3 is 0 Å². The van der Waals surface area contributed by atoms with Crippen molar-refractivity contribution in [1.29, 1.82) is 0 Å². The van der Waals surface area contributed by atoms with Gasteiger partial charge in [-0.2, -0.15) is 0 Å². The number of nitrogens with one attached hydrogen (secondary N) is 3. The zero-order valence-electron chi connectivity index (χ0n) is 24.3. The molecule has 4 aromatic rings. The fourth-order valence-corrected chi connectivity index (χ4v) is 5.07.